The highest BCUT2D eigenvalue weighted by Crippen LogP contribution is 2.32. The van der Waals surface area contributed by atoms with Crippen molar-refractivity contribution >= 4 is 28.5 Å². The number of halogens is 3. The Morgan fingerprint density at radius 1 is 1.15 bits per heavy atom. The van der Waals surface area contributed by atoms with Crippen molar-refractivity contribution in [2.24, 2.45) is 0 Å². The predicted octanol–water partition coefficient (Wildman–Crippen LogP) is 2.65. The molecule has 0 unspecified atom stereocenters. The van der Waals surface area contributed by atoms with Crippen molar-refractivity contribution < 1.29 is 22.8 Å². The quantitative estimate of drug-likeness (QED) is 0.664. The Bertz CT molecular complexity index is 1050. The van der Waals surface area contributed by atoms with Crippen LogP contribution in [0.4, 0.5) is 19.0 Å². The molecule has 8 nitrogen and oxygen atoms in total. The number of nitrogens with zero attached hydrogens (tertiary/aromatic N) is 4. The van der Waals surface area contributed by atoms with Gasteiger partial charge in [0.15, 0.2) is 0 Å². The summed E-state index contributed by atoms with van der Waals surface area (Å²) in [6.07, 6.45) is 0.818. The van der Waals surface area contributed by atoms with E-state index in [0.717, 1.165) is 50.9 Å². The normalized spacial score (nSPS) is 21.7. The second-order valence-corrected chi connectivity index (χ2v) is 9.12. The molecule has 1 saturated carbocycles. The highest BCUT2D eigenvalue weighted by Gasteiger charge is 2.36. The summed E-state index contributed by atoms with van der Waals surface area (Å²) in [7, 11) is 1.86. The molecule has 0 bridgehead atoms. The molecular formula is C23H29F3N6O2. The Hall–Kier alpha value is -2.95. The molecular weight excluding hydrogens is 449 g/mol. The summed E-state index contributed by atoms with van der Waals surface area (Å²) in [5.74, 6) is 0.0449. The van der Waals surface area contributed by atoms with Gasteiger partial charge in [-0.1, -0.05) is 0 Å². The van der Waals surface area contributed by atoms with E-state index in [4.69, 9.17) is 0 Å². The van der Waals surface area contributed by atoms with Crippen molar-refractivity contribution in [3.63, 3.8) is 0 Å². The summed E-state index contributed by atoms with van der Waals surface area (Å²) in [5, 5.41) is 6.02. The molecule has 2 amide bonds. The number of alkyl halides is 3. The zero-order valence-corrected chi connectivity index (χ0v) is 19.2. The molecule has 184 valence electrons. The van der Waals surface area contributed by atoms with Gasteiger partial charge in [0.2, 0.25) is 11.8 Å². The van der Waals surface area contributed by atoms with Gasteiger partial charge in [-0.3, -0.25) is 14.5 Å². The van der Waals surface area contributed by atoms with Gasteiger partial charge in [-0.05, 0) is 43.9 Å². The third kappa shape index (κ3) is 5.40. The summed E-state index contributed by atoms with van der Waals surface area (Å²) in [4.78, 5) is 36.1. The lowest BCUT2D eigenvalue weighted by atomic mass is 9.87. The average Bonchev–Trinajstić information content (AvgIpc) is 2.78. The zero-order chi connectivity index (χ0) is 24.5. The number of nitrogens with one attached hydrogen (secondary N) is 2. The highest BCUT2D eigenvalue weighted by atomic mass is 19.4. The van der Waals surface area contributed by atoms with E-state index in [1.165, 1.54) is 12.4 Å². The maximum Gasteiger partial charge on any atom is 0.416 e. The number of likely N-dealkylation sites (tertiary alicyclic amines) is 1. The van der Waals surface area contributed by atoms with Crippen molar-refractivity contribution in [2.75, 3.05) is 32.0 Å². The van der Waals surface area contributed by atoms with Crippen LogP contribution < -0.4 is 10.6 Å². The Labute approximate surface area is 195 Å². The van der Waals surface area contributed by atoms with Gasteiger partial charge in [-0.25, -0.2) is 9.97 Å². The van der Waals surface area contributed by atoms with Crippen LogP contribution >= 0.6 is 0 Å². The van der Waals surface area contributed by atoms with E-state index in [1.54, 1.807) is 6.92 Å². The molecule has 11 heteroatoms. The lowest BCUT2D eigenvalue weighted by Gasteiger charge is -2.47. The Balaban J connectivity index is 1.24. The van der Waals surface area contributed by atoms with E-state index in [2.05, 4.69) is 25.5 Å². The van der Waals surface area contributed by atoms with Gasteiger partial charge in [0.1, 0.15) is 12.1 Å². The lowest BCUT2D eigenvalue weighted by Crippen LogP contribution is -2.63. The third-order valence-corrected chi connectivity index (χ3v) is 6.88. The van der Waals surface area contributed by atoms with Crippen LogP contribution in [0.25, 0.3) is 10.9 Å². The summed E-state index contributed by atoms with van der Waals surface area (Å²) in [5.41, 5.74) is -0.427. The van der Waals surface area contributed by atoms with Crippen LogP contribution in [0, 0.1) is 0 Å². The number of anilines is 1. The highest BCUT2D eigenvalue weighted by molar-refractivity contribution is 5.91. The second kappa shape index (κ2) is 9.73. The molecule has 0 radical (unpaired) electrons. The smallest absolute Gasteiger partial charge is 0.360 e. The van der Waals surface area contributed by atoms with Gasteiger partial charge < -0.3 is 15.5 Å². The van der Waals surface area contributed by atoms with Crippen molar-refractivity contribution in [3.8, 4) is 0 Å². The number of fused-ring (bicyclic) bond motifs is 1. The first kappa shape index (κ1) is 24.2. The first-order chi connectivity index (χ1) is 16.1. The Morgan fingerprint density at radius 2 is 1.85 bits per heavy atom. The molecule has 2 aromatic rings. The molecule has 2 fully saturated rings. The van der Waals surface area contributed by atoms with Crippen molar-refractivity contribution in [1.29, 1.82) is 0 Å². The number of hydrogen-bond acceptors (Lipinski definition) is 6. The number of carbonyl (C=O) groups excluding carboxylic acids is 2. The van der Waals surface area contributed by atoms with E-state index in [0.29, 0.717) is 17.6 Å². The van der Waals surface area contributed by atoms with E-state index in [-0.39, 0.29) is 35.6 Å². The number of aromatic nitrogens is 2. The van der Waals surface area contributed by atoms with Crippen LogP contribution in [0.3, 0.4) is 0 Å². The number of amides is 2. The molecule has 34 heavy (non-hydrogen) atoms. The summed E-state index contributed by atoms with van der Waals surface area (Å²) in [6, 6.07) is 4.08. The SMILES string of the molecule is CC(=O)N(C)[C@H]1CC[C@@H](N2CC(NC(=O)CNc3ncnc4ccc(C(F)(F)F)cc34)C2)CC1. The monoisotopic (exact) mass is 478 g/mol. The first-order valence-electron chi connectivity index (χ1n) is 11.4. The van der Waals surface area contributed by atoms with E-state index in [9.17, 15) is 22.8 Å². The average molecular weight is 479 g/mol. The van der Waals surface area contributed by atoms with Crippen molar-refractivity contribution in [1.82, 2.24) is 25.1 Å². The fourth-order valence-electron chi connectivity index (χ4n) is 4.79. The molecule has 0 atom stereocenters. The van der Waals surface area contributed by atoms with Crippen LogP contribution in [0.15, 0.2) is 24.5 Å². The van der Waals surface area contributed by atoms with E-state index < -0.39 is 11.7 Å². The molecule has 2 heterocycles. The molecule has 1 aliphatic carbocycles. The van der Waals surface area contributed by atoms with Crippen LogP contribution in [0.2, 0.25) is 0 Å². The lowest BCUT2D eigenvalue weighted by molar-refractivity contribution is -0.137. The molecule has 1 aromatic carbocycles. The summed E-state index contributed by atoms with van der Waals surface area (Å²) in [6.45, 7) is 3.04. The topological polar surface area (TPSA) is 90.5 Å². The van der Waals surface area contributed by atoms with Crippen LogP contribution in [-0.4, -0.2) is 76.4 Å². The summed E-state index contributed by atoms with van der Waals surface area (Å²) < 4.78 is 39.2. The molecule has 4 rings (SSSR count). The Kier molecular flexibility index (Phi) is 6.92. The minimum absolute atomic E-state index is 0.0471. The largest absolute Gasteiger partial charge is 0.416 e. The van der Waals surface area contributed by atoms with Gasteiger partial charge in [0.25, 0.3) is 0 Å². The van der Waals surface area contributed by atoms with E-state index >= 15 is 0 Å². The van der Waals surface area contributed by atoms with Crippen LogP contribution in [-0.2, 0) is 15.8 Å². The van der Waals surface area contributed by atoms with Crippen LogP contribution in [0.5, 0.6) is 0 Å². The number of hydrogen-bond donors (Lipinski definition) is 2. The molecule has 1 saturated heterocycles. The summed E-state index contributed by atoms with van der Waals surface area (Å²) >= 11 is 0. The van der Waals surface area contributed by atoms with Gasteiger partial charge in [-0.2, -0.15) is 13.2 Å². The van der Waals surface area contributed by atoms with Crippen molar-refractivity contribution in [2.45, 2.75) is 56.9 Å². The number of carbonyl (C=O) groups is 2. The zero-order valence-electron chi connectivity index (χ0n) is 19.2. The Morgan fingerprint density at radius 3 is 2.50 bits per heavy atom. The molecule has 1 aliphatic heterocycles. The van der Waals surface area contributed by atoms with E-state index in [1.807, 2.05) is 11.9 Å². The first-order valence-corrected chi connectivity index (χ1v) is 11.4. The fraction of sp³-hybridized carbons (Fsp3) is 0.565. The molecule has 2 N–H and O–H groups in total. The maximum atomic E-state index is 13.1. The predicted molar refractivity (Wildman–Crippen MR) is 121 cm³/mol. The van der Waals surface area contributed by atoms with Crippen molar-refractivity contribution in [3.05, 3.63) is 30.1 Å². The molecule has 2 aliphatic rings. The fourth-order valence-corrected chi connectivity index (χ4v) is 4.79. The third-order valence-electron chi connectivity index (χ3n) is 6.88. The van der Waals surface area contributed by atoms with Gasteiger partial charge in [-0.15, -0.1) is 0 Å². The second-order valence-electron chi connectivity index (χ2n) is 9.12. The minimum atomic E-state index is -4.47. The number of rotatable bonds is 6. The molecule has 1 aromatic heterocycles. The van der Waals surface area contributed by atoms with Gasteiger partial charge >= 0.3 is 6.18 Å². The van der Waals surface area contributed by atoms with Gasteiger partial charge in [0, 0.05) is 44.5 Å². The number of benzene rings is 1. The molecule has 0 spiro atoms. The van der Waals surface area contributed by atoms with Gasteiger partial charge in [0.05, 0.1) is 23.7 Å². The van der Waals surface area contributed by atoms with Crippen LogP contribution in [0.1, 0.15) is 38.2 Å². The minimum Gasteiger partial charge on any atom is -0.360 e. The maximum absolute atomic E-state index is 13.1. The standard InChI is InChI=1S/C23H29F3N6O2/c1-14(33)31(2)17-4-6-18(7-5-17)32-11-16(12-32)30-21(34)10-27-22-19-9-15(23(24,25)26)3-8-20(19)28-13-29-22/h3,8-9,13,16-18H,4-7,10-12H2,1-2H3,(H,30,34)(H,27,28,29)/t17-,18+.